The Morgan fingerprint density at radius 2 is 1.90 bits per heavy atom. The van der Waals surface area contributed by atoms with Crippen molar-refractivity contribution >= 4 is 28.7 Å². The summed E-state index contributed by atoms with van der Waals surface area (Å²) in [5, 5.41) is 7.65. The number of nitrogens with zero attached hydrogens (tertiary/aromatic N) is 3. The van der Waals surface area contributed by atoms with Crippen LogP contribution in [0.4, 0.5) is 11.5 Å². The van der Waals surface area contributed by atoms with Gasteiger partial charge in [-0.2, -0.15) is 0 Å². The standard InChI is InChI=1S/C14H17N5O2/c1-8-6-10(11(20)7-9(8)15)17-12-13(16)18-4-2-3-5-19(18)14(12)21/h6,15H,2-5,7,16H2,1H3. The maximum absolute atomic E-state index is 12.3. The van der Waals surface area contributed by atoms with Crippen molar-refractivity contribution in [3.63, 3.8) is 0 Å². The van der Waals surface area contributed by atoms with Gasteiger partial charge in [0.15, 0.2) is 17.3 Å². The van der Waals surface area contributed by atoms with Crippen LogP contribution < -0.4 is 11.3 Å². The first-order valence-corrected chi connectivity index (χ1v) is 6.96. The fraction of sp³-hybridized carbons (Fsp3) is 0.429. The molecule has 0 unspecified atom stereocenters. The molecule has 3 N–H and O–H groups in total. The number of hydrogen-bond acceptors (Lipinski definition) is 5. The monoisotopic (exact) mass is 287 g/mol. The van der Waals surface area contributed by atoms with Gasteiger partial charge in [-0.05, 0) is 31.4 Å². The van der Waals surface area contributed by atoms with Crippen LogP contribution in [0.2, 0.25) is 0 Å². The lowest BCUT2D eigenvalue weighted by molar-refractivity contribution is -0.111. The SMILES string of the molecule is CC1=CC(=Nc2c(N)n3n(c2=O)CCCC3)C(=O)CC1=N. The van der Waals surface area contributed by atoms with Gasteiger partial charge in [-0.15, -0.1) is 0 Å². The summed E-state index contributed by atoms with van der Waals surface area (Å²) >= 11 is 0. The van der Waals surface area contributed by atoms with Crippen molar-refractivity contribution in [3.8, 4) is 0 Å². The largest absolute Gasteiger partial charge is 0.382 e. The topological polar surface area (TPSA) is 106 Å². The molecule has 21 heavy (non-hydrogen) atoms. The second kappa shape index (κ2) is 4.83. The summed E-state index contributed by atoms with van der Waals surface area (Å²) in [7, 11) is 0. The molecule has 0 radical (unpaired) electrons. The average Bonchev–Trinajstić information content (AvgIpc) is 2.70. The van der Waals surface area contributed by atoms with Crippen molar-refractivity contribution in [3.05, 3.63) is 22.0 Å². The minimum Gasteiger partial charge on any atom is -0.382 e. The Morgan fingerprint density at radius 1 is 1.24 bits per heavy atom. The summed E-state index contributed by atoms with van der Waals surface area (Å²) < 4.78 is 3.32. The minimum absolute atomic E-state index is 0.0238. The highest BCUT2D eigenvalue weighted by atomic mass is 16.1. The van der Waals surface area contributed by atoms with E-state index in [4.69, 9.17) is 11.1 Å². The Labute approximate surface area is 121 Å². The molecule has 2 aliphatic rings. The van der Waals surface area contributed by atoms with Crippen LogP contribution in [0.15, 0.2) is 21.4 Å². The van der Waals surface area contributed by atoms with Crippen molar-refractivity contribution in [2.75, 3.05) is 5.73 Å². The van der Waals surface area contributed by atoms with E-state index in [2.05, 4.69) is 4.99 Å². The second-order valence-electron chi connectivity index (χ2n) is 5.40. The van der Waals surface area contributed by atoms with E-state index in [1.54, 1.807) is 22.4 Å². The van der Waals surface area contributed by atoms with Crippen molar-refractivity contribution in [2.24, 2.45) is 4.99 Å². The maximum Gasteiger partial charge on any atom is 0.294 e. The molecule has 7 heteroatoms. The zero-order valence-electron chi connectivity index (χ0n) is 11.8. The average molecular weight is 287 g/mol. The van der Waals surface area contributed by atoms with Crippen molar-refractivity contribution in [1.82, 2.24) is 9.36 Å². The van der Waals surface area contributed by atoms with E-state index in [-0.39, 0.29) is 29.2 Å². The summed E-state index contributed by atoms with van der Waals surface area (Å²) in [6.07, 6.45) is 3.49. The van der Waals surface area contributed by atoms with Crippen LogP contribution in [0.3, 0.4) is 0 Å². The number of rotatable bonds is 1. The Hall–Kier alpha value is -2.44. The zero-order chi connectivity index (χ0) is 15.1. The quantitative estimate of drug-likeness (QED) is 0.805. The van der Waals surface area contributed by atoms with Gasteiger partial charge in [-0.1, -0.05) is 0 Å². The lowest BCUT2D eigenvalue weighted by Gasteiger charge is -2.17. The lowest BCUT2D eigenvalue weighted by Crippen LogP contribution is -2.27. The van der Waals surface area contributed by atoms with Crippen LogP contribution in [0.1, 0.15) is 26.2 Å². The smallest absolute Gasteiger partial charge is 0.294 e. The summed E-state index contributed by atoms with van der Waals surface area (Å²) in [6, 6.07) is 0. The maximum atomic E-state index is 12.3. The van der Waals surface area contributed by atoms with Crippen molar-refractivity contribution in [2.45, 2.75) is 39.3 Å². The van der Waals surface area contributed by atoms with Gasteiger partial charge < -0.3 is 11.1 Å². The van der Waals surface area contributed by atoms with Crippen LogP contribution in [-0.2, 0) is 17.9 Å². The number of aromatic nitrogens is 2. The normalized spacial score (nSPS) is 20.6. The Bertz CT molecular complexity index is 763. The number of carbonyl (C=O) groups excluding carboxylic acids is 1. The van der Waals surface area contributed by atoms with Crippen LogP contribution in [0, 0.1) is 5.41 Å². The molecule has 1 aromatic heterocycles. The summed E-state index contributed by atoms with van der Waals surface area (Å²) in [5.74, 6) is 0.0604. The van der Waals surface area contributed by atoms with Gasteiger partial charge in [0.1, 0.15) is 5.71 Å². The van der Waals surface area contributed by atoms with E-state index >= 15 is 0 Å². The minimum atomic E-state index is -0.251. The number of allylic oxidation sites excluding steroid dienone is 2. The molecule has 1 aliphatic heterocycles. The number of nitrogen functional groups attached to an aromatic ring is 1. The highest BCUT2D eigenvalue weighted by molar-refractivity contribution is 6.50. The molecule has 0 bridgehead atoms. The van der Waals surface area contributed by atoms with Gasteiger partial charge >= 0.3 is 0 Å². The molecule has 7 nitrogen and oxygen atoms in total. The third-order valence-electron chi connectivity index (χ3n) is 3.92. The second-order valence-corrected chi connectivity index (χ2v) is 5.40. The van der Waals surface area contributed by atoms with Crippen LogP contribution in [-0.4, -0.2) is 26.6 Å². The highest BCUT2D eigenvalue weighted by Gasteiger charge is 2.23. The molecule has 3 rings (SSSR count). The number of hydrogen-bond donors (Lipinski definition) is 2. The lowest BCUT2D eigenvalue weighted by atomic mass is 9.96. The molecule has 1 aliphatic carbocycles. The van der Waals surface area contributed by atoms with E-state index in [9.17, 15) is 9.59 Å². The molecule has 0 saturated carbocycles. The van der Waals surface area contributed by atoms with Crippen molar-refractivity contribution in [1.29, 1.82) is 5.41 Å². The third kappa shape index (κ3) is 2.14. The number of anilines is 1. The van der Waals surface area contributed by atoms with Gasteiger partial charge in [0.2, 0.25) is 0 Å². The number of aliphatic imine (C=N–C) groups is 1. The molecular formula is C14H17N5O2. The molecule has 2 heterocycles. The van der Waals surface area contributed by atoms with Gasteiger partial charge in [-0.3, -0.25) is 14.3 Å². The van der Waals surface area contributed by atoms with E-state index < -0.39 is 0 Å². The highest BCUT2D eigenvalue weighted by Crippen LogP contribution is 2.23. The molecular weight excluding hydrogens is 270 g/mol. The number of nitrogens with one attached hydrogen (secondary N) is 1. The Morgan fingerprint density at radius 3 is 2.57 bits per heavy atom. The predicted octanol–water partition coefficient (Wildman–Crippen LogP) is 1.04. The molecule has 0 saturated heterocycles. The van der Waals surface area contributed by atoms with E-state index in [1.165, 1.54) is 0 Å². The molecule has 1 aromatic rings. The molecule has 0 amide bonds. The fourth-order valence-corrected chi connectivity index (χ4v) is 2.66. The first kappa shape index (κ1) is 13.5. The Balaban J connectivity index is 2.12. The number of fused-ring (bicyclic) bond motifs is 1. The number of carbonyl (C=O) groups is 1. The number of Topliss-reactive ketones (excluding diaryl/α,β-unsaturated/α-hetero) is 1. The van der Waals surface area contributed by atoms with Gasteiger partial charge in [0.05, 0.1) is 6.42 Å². The van der Waals surface area contributed by atoms with Crippen LogP contribution in [0.25, 0.3) is 0 Å². The van der Waals surface area contributed by atoms with Crippen LogP contribution in [0.5, 0.6) is 0 Å². The molecule has 110 valence electrons. The number of nitrogens with two attached hydrogens (primary N) is 1. The number of ketones is 1. The zero-order valence-corrected chi connectivity index (χ0v) is 11.8. The molecule has 0 fully saturated rings. The van der Waals surface area contributed by atoms with Crippen molar-refractivity contribution < 1.29 is 4.79 Å². The first-order valence-electron chi connectivity index (χ1n) is 6.96. The predicted molar refractivity (Wildman–Crippen MR) is 80.5 cm³/mol. The van der Waals surface area contributed by atoms with Gasteiger partial charge in [0.25, 0.3) is 5.56 Å². The first-order chi connectivity index (χ1) is 9.99. The fourth-order valence-electron chi connectivity index (χ4n) is 2.66. The third-order valence-corrected chi connectivity index (χ3v) is 3.92. The Kier molecular flexibility index (Phi) is 3.12. The van der Waals surface area contributed by atoms with Crippen LogP contribution >= 0.6 is 0 Å². The summed E-state index contributed by atoms with van der Waals surface area (Å²) in [6.45, 7) is 3.08. The van der Waals surface area contributed by atoms with E-state index in [0.29, 0.717) is 30.2 Å². The van der Waals surface area contributed by atoms with E-state index in [1.807, 2.05) is 0 Å². The van der Waals surface area contributed by atoms with E-state index in [0.717, 1.165) is 12.8 Å². The molecule has 0 spiro atoms. The summed E-state index contributed by atoms with van der Waals surface area (Å²) in [4.78, 5) is 28.5. The van der Waals surface area contributed by atoms with Gasteiger partial charge in [0, 0.05) is 18.8 Å². The van der Waals surface area contributed by atoms with Gasteiger partial charge in [-0.25, -0.2) is 9.67 Å². The molecule has 0 atom stereocenters. The molecule has 0 aromatic carbocycles. The summed E-state index contributed by atoms with van der Waals surface area (Å²) in [5.41, 5.74) is 7.08.